The van der Waals surface area contributed by atoms with Gasteiger partial charge >= 0.3 is 0 Å². The minimum Gasteiger partial charge on any atom is -0.493 e. The number of fused-ring (bicyclic) bond motifs is 3. The van der Waals surface area contributed by atoms with E-state index in [4.69, 9.17) is 4.74 Å². The van der Waals surface area contributed by atoms with Crippen LogP contribution in [0.1, 0.15) is 38.2 Å². The number of nitrogens with zero attached hydrogens (tertiary/aromatic N) is 3. The summed E-state index contributed by atoms with van der Waals surface area (Å²) >= 11 is 0. The van der Waals surface area contributed by atoms with Crippen molar-refractivity contribution in [1.82, 2.24) is 20.0 Å². The van der Waals surface area contributed by atoms with Gasteiger partial charge in [-0.05, 0) is 37.2 Å². The Morgan fingerprint density at radius 2 is 1.79 bits per heavy atom. The van der Waals surface area contributed by atoms with Crippen LogP contribution in [0.4, 0.5) is 0 Å². The Morgan fingerprint density at radius 3 is 2.58 bits per heavy atom. The van der Waals surface area contributed by atoms with Crippen molar-refractivity contribution in [2.24, 2.45) is 11.8 Å². The molecule has 3 aliphatic heterocycles. The molecule has 2 saturated heterocycles. The van der Waals surface area contributed by atoms with Crippen LogP contribution < -0.4 is 10.1 Å². The third-order valence-corrected chi connectivity index (χ3v) is 7.30. The van der Waals surface area contributed by atoms with Gasteiger partial charge in [0.25, 0.3) is 0 Å². The maximum Gasteiger partial charge on any atom is 0.236 e. The topological polar surface area (TPSA) is 82.2 Å². The molecule has 0 saturated carbocycles. The second-order valence-corrected chi connectivity index (χ2v) is 9.44. The number of nitrogens with one attached hydrogen (secondary N) is 1. The Morgan fingerprint density at radius 1 is 1.03 bits per heavy atom. The van der Waals surface area contributed by atoms with Gasteiger partial charge in [-0.15, -0.1) is 0 Å². The number of ether oxygens (including phenoxy) is 1. The first-order chi connectivity index (χ1) is 16.0. The molecule has 2 atom stereocenters. The molecule has 8 heteroatoms. The van der Waals surface area contributed by atoms with Crippen molar-refractivity contribution in [3.63, 3.8) is 0 Å². The fraction of sp³-hybridized carbons (Fsp3) is 0.640. The van der Waals surface area contributed by atoms with Gasteiger partial charge in [-0.3, -0.25) is 14.4 Å². The first-order valence-electron chi connectivity index (χ1n) is 12.2. The Balaban J connectivity index is 1.37. The van der Waals surface area contributed by atoms with Gasteiger partial charge in [-0.1, -0.05) is 18.2 Å². The van der Waals surface area contributed by atoms with Crippen molar-refractivity contribution in [3.05, 3.63) is 29.8 Å². The SMILES string of the molecule is CC(=O)N1CCN(C(=O)C[C@@H]2CCN3C[C@@H]2CCCOc2ccccc2CNCC3=O)CC1. The van der Waals surface area contributed by atoms with Crippen molar-refractivity contribution in [1.29, 1.82) is 0 Å². The van der Waals surface area contributed by atoms with Gasteiger partial charge < -0.3 is 24.8 Å². The predicted molar refractivity (Wildman–Crippen MR) is 125 cm³/mol. The predicted octanol–water partition coefficient (Wildman–Crippen LogP) is 1.49. The zero-order valence-corrected chi connectivity index (χ0v) is 19.6. The molecule has 0 unspecified atom stereocenters. The third kappa shape index (κ3) is 6.05. The summed E-state index contributed by atoms with van der Waals surface area (Å²) < 4.78 is 6.06. The molecule has 1 aromatic carbocycles. The fourth-order valence-corrected chi connectivity index (χ4v) is 5.26. The van der Waals surface area contributed by atoms with Gasteiger partial charge in [0.2, 0.25) is 17.7 Å². The van der Waals surface area contributed by atoms with E-state index in [-0.39, 0.29) is 23.6 Å². The lowest BCUT2D eigenvalue weighted by molar-refractivity contribution is -0.140. The second-order valence-electron chi connectivity index (χ2n) is 9.44. The quantitative estimate of drug-likeness (QED) is 0.729. The van der Waals surface area contributed by atoms with Crippen molar-refractivity contribution in [2.45, 2.75) is 39.2 Å². The number of amides is 3. The lowest BCUT2D eigenvalue weighted by Crippen LogP contribution is -2.51. The van der Waals surface area contributed by atoms with Crippen molar-refractivity contribution < 1.29 is 19.1 Å². The molecule has 0 radical (unpaired) electrons. The molecule has 33 heavy (non-hydrogen) atoms. The first kappa shape index (κ1) is 23.5. The number of hydrogen-bond donors (Lipinski definition) is 1. The maximum atomic E-state index is 13.0. The van der Waals surface area contributed by atoms with Crippen LogP contribution in [0.5, 0.6) is 5.75 Å². The van der Waals surface area contributed by atoms with E-state index in [1.54, 1.807) is 11.8 Å². The standard InChI is InChI=1S/C25H36N4O4/c1-19(30)27-10-12-28(13-11-27)24(31)15-20-8-9-29-18-22(20)6-4-14-33-23-7-3-2-5-21(23)16-26-17-25(29)32/h2-3,5,7,20,22,26H,4,6,8-18H2,1H3/t20-,22-/m0/s1. The number of piperidine rings is 1. The molecule has 2 bridgehead atoms. The summed E-state index contributed by atoms with van der Waals surface area (Å²) in [6.07, 6.45) is 3.22. The molecule has 3 amide bonds. The average Bonchev–Trinajstić information content (AvgIpc) is 2.83. The van der Waals surface area contributed by atoms with E-state index in [0.717, 1.165) is 30.6 Å². The summed E-state index contributed by atoms with van der Waals surface area (Å²) in [7, 11) is 0. The lowest BCUT2D eigenvalue weighted by atomic mass is 9.80. The highest BCUT2D eigenvalue weighted by Gasteiger charge is 2.34. The molecule has 1 aromatic rings. The van der Waals surface area contributed by atoms with Crippen molar-refractivity contribution in [3.8, 4) is 5.75 Å². The fourth-order valence-electron chi connectivity index (χ4n) is 5.26. The summed E-state index contributed by atoms with van der Waals surface area (Å²) in [6.45, 7) is 7.00. The second kappa shape index (κ2) is 11.0. The summed E-state index contributed by atoms with van der Waals surface area (Å²) in [5.74, 6) is 1.82. The minimum absolute atomic E-state index is 0.0718. The van der Waals surface area contributed by atoms with Gasteiger partial charge in [-0.25, -0.2) is 0 Å². The maximum absolute atomic E-state index is 13.0. The van der Waals surface area contributed by atoms with Crippen LogP contribution in [0.3, 0.4) is 0 Å². The summed E-state index contributed by atoms with van der Waals surface area (Å²) in [4.78, 5) is 43.1. The van der Waals surface area contributed by atoms with Gasteiger partial charge in [-0.2, -0.15) is 0 Å². The molecular formula is C25H36N4O4. The monoisotopic (exact) mass is 456 g/mol. The van der Waals surface area contributed by atoms with Crippen LogP contribution in [0, 0.1) is 11.8 Å². The molecule has 1 N–H and O–H groups in total. The Bertz CT molecular complexity index is 853. The van der Waals surface area contributed by atoms with Crippen LogP contribution in [0.25, 0.3) is 0 Å². The Labute approximate surface area is 196 Å². The van der Waals surface area contributed by atoms with Gasteiger partial charge in [0.1, 0.15) is 5.75 Å². The summed E-state index contributed by atoms with van der Waals surface area (Å²) in [6, 6.07) is 7.97. The number of benzene rings is 1. The zero-order valence-electron chi connectivity index (χ0n) is 19.6. The largest absolute Gasteiger partial charge is 0.493 e. The molecule has 3 aliphatic rings. The van der Waals surface area contributed by atoms with Gasteiger partial charge in [0.15, 0.2) is 0 Å². The van der Waals surface area contributed by atoms with Gasteiger partial charge in [0.05, 0.1) is 13.2 Å². The highest BCUT2D eigenvalue weighted by Crippen LogP contribution is 2.31. The lowest BCUT2D eigenvalue weighted by Gasteiger charge is -2.40. The highest BCUT2D eigenvalue weighted by atomic mass is 16.5. The minimum atomic E-state index is 0.0718. The van der Waals surface area contributed by atoms with Crippen LogP contribution in [0.2, 0.25) is 0 Å². The number of carbonyl (C=O) groups is 3. The Kier molecular flexibility index (Phi) is 7.85. The van der Waals surface area contributed by atoms with Crippen LogP contribution in [0.15, 0.2) is 24.3 Å². The van der Waals surface area contributed by atoms with Crippen LogP contribution >= 0.6 is 0 Å². The number of carbonyl (C=O) groups excluding carboxylic acids is 3. The molecule has 3 heterocycles. The third-order valence-electron chi connectivity index (χ3n) is 7.30. The van der Waals surface area contributed by atoms with Crippen LogP contribution in [-0.4, -0.2) is 84.8 Å². The summed E-state index contributed by atoms with van der Waals surface area (Å²) in [5, 5.41) is 3.27. The highest BCUT2D eigenvalue weighted by molar-refractivity contribution is 5.79. The first-order valence-corrected chi connectivity index (χ1v) is 12.2. The molecule has 2 fully saturated rings. The number of piperazine rings is 1. The van der Waals surface area contributed by atoms with Gasteiger partial charge in [0, 0.05) is 64.7 Å². The zero-order chi connectivity index (χ0) is 23.2. The smallest absolute Gasteiger partial charge is 0.236 e. The molecule has 0 spiro atoms. The molecular weight excluding hydrogens is 420 g/mol. The molecule has 0 aliphatic carbocycles. The van der Waals surface area contributed by atoms with E-state index >= 15 is 0 Å². The van der Waals surface area contributed by atoms with E-state index < -0.39 is 0 Å². The van der Waals surface area contributed by atoms with E-state index in [1.165, 1.54) is 0 Å². The molecule has 8 nitrogen and oxygen atoms in total. The van der Waals surface area contributed by atoms with E-state index in [1.807, 2.05) is 34.1 Å². The number of para-hydroxylation sites is 1. The van der Waals surface area contributed by atoms with E-state index in [9.17, 15) is 14.4 Å². The van der Waals surface area contributed by atoms with E-state index in [0.29, 0.717) is 71.3 Å². The summed E-state index contributed by atoms with van der Waals surface area (Å²) in [5.41, 5.74) is 1.07. The number of rotatable bonds is 2. The molecule has 4 rings (SSSR count). The van der Waals surface area contributed by atoms with Crippen molar-refractivity contribution >= 4 is 17.7 Å². The Hall–Kier alpha value is -2.61. The normalized spacial score (nSPS) is 24.6. The molecule has 0 aromatic heterocycles. The number of hydrogen-bond acceptors (Lipinski definition) is 5. The van der Waals surface area contributed by atoms with Crippen molar-refractivity contribution in [2.75, 3.05) is 52.4 Å². The van der Waals surface area contributed by atoms with Crippen LogP contribution in [-0.2, 0) is 20.9 Å². The van der Waals surface area contributed by atoms with E-state index in [2.05, 4.69) is 5.32 Å². The molecule has 180 valence electrons. The average molecular weight is 457 g/mol.